The summed E-state index contributed by atoms with van der Waals surface area (Å²) in [5.41, 5.74) is 2.06. The Labute approximate surface area is 153 Å². The number of carbonyl (C=O) groups is 2. The van der Waals surface area contributed by atoms with Gasteiger partial charge >= 0.3 is 5.97 Å². The van der Waals surface area contributed by atoms with Crippen molar-refractivity contribution in [2.75, 3.05) is 18.1 Å². The largest absolute Gasteiger partial charge is 0.452 e. The number of furan rings is 1. The average molecular weight is 437 g/mol. The highest BCUT2D eigenvalue weighted by atomic mass is 127. The molecule has 0 bridgehead atoms. The zero-order chi connectivity index (χ0) is 16.9. The summed E-state index contributed by atoms with van der Waals surface area (Å²) >= 11 is 2.04. The topological polar surface area (TPSA) is 59.8 Å². The second-order valence-electron chi connectivity index (χ2n) is 5.36. The number of amides is 1. The van der Waals surface area contributed by atoms with Gasteiger partial charge in [-0.05, 0) is 65.3 Å². The first-order valence-electron chi connectivity index (χ1n) is 7.62. The van der Waals surface area contributed by atoms with Crippen LogP contribution >= 0.6 is 22.6 Å². The van der Waals surface area contributed by atoms with Crippen LogP contribution in [0, 0.1) is 3.77 Å². The van der Waals surface area contributed by atoms with Gasteiger partial charge in [0.05, 0.1) is 0 Å². The lowest BCUT2D eigenvalue weighted by Gasteiger charge is -2.29. The van der Waals surface area contributed by atoms with Gasteiger partial charge in [-0.1, -0.05) is 18.2 Å². The van der Waals surface area contributed by atoms with Gasteiger partial charge in [0, 0.05) is 18.3 Å². The van der Waals surface area contributed by atoms with Crippen molar-refractivity contribution in [2.24, 2.45) is 0 Å². The van der Waals surface area contributed by atoms with Gasteiger partial charge in [0.25, 0.3) is 5.91 Å². The van der Waals surface area contributed by atoms with Gasteiger partial charge in [-0.2, -0.15) is 0 Å². The van der Waals surface area contributed by atoms with Crippen LogP contribution in [0.5, 0.6) is 0 Å². The number of fused-ring (bicyclic) bond motifs is 1. The first kappa shape index (κ1) is 16.8. The van der Waals surface area contributed by atoms with E-state index in [1.54, 1.807) is 17.0 Å². The minimum Gasteiger partial charge on any atom is -0.452 e. The lowest BCUT2D eigenvalue weighted by molar-refractivity contribution is -0.142. The van der Waals surface area contributed by atoms with Gasteiger partial charge < -0.3 is 14.1 Å². The molecule has 1 aliphatic heterocycles. The molecule has 0 atom stereocenters. The van der Waals surface area contributed by atoms with E-state index in [4.69, 9.17) is 9.15 Å². The number of anilines is 1. The van der Waals surface area contributed by atoms with Crippen LogP contribution in [0.3, 0.4) is 0 Å². The van der Waals surface area contributed by atoms with E-state index in [1.165, 1.54) is 12.2 Å². The predicted molar refractivity (Wildman–Crippen MR) is 98.5 cm³/mol. The van der Waals surface area contributed by atoms with Gasteiger partial charge in [-0.25, -0.2) is 4.79 Å². The smallest absolute Gasteiger partial charge is 0.331 e. The van der Waals surface area contributed by atoms with E-state index in [-0.39, 0.29) is 12.5 Å². The molecule has 1 aliphatic rings. The molecule has 24 heavy (non-hydrogen) atoms. The zero-order valence-electron chi connectivity index (χ0n) is 12.9. The fourth-order valence-electron chi connectivity index (χ4n) is 2.62. The molecule has 6 heteroatoms. The molecule has 0 radical (unpaired) electrons. The average Bonchev–Trinajstić information content (AvgIpc) is 3.02. The van der Waals surface area contributed by atoms with Crippen molar-refractivity contribution < 1.29 is 18.7 Å². The van der Waals surface area contributed by atoms with Crippen LogP contribution < -0.4 is 4.90 Å². The Morgan fingerprint density at radius 1 is 1.25 bits per heavy atom. The van der Waals surface area contributed by atoms with Gasteiger partial charge in [-0.3, -0.25) is 4.79 Å². The normalized spacial score (nSPS) is 13.8. The highest BCUT2D eigenvalue weighted by Gasteiger charge is 2.22. The highest BCUT2D eigenvalue weighted by molar-refractivity contribution is 14.1. The maximum Gasteiger partial charge on any atom is 0.331 e. The number of hydrogen-bond acceptors (Lipinski definition) is 4. The number of ether oxygens (including phenoxy) is 1. The number of benzene rings is 1. The molecule has 1 amide bonds. The number of esters is 1. The monoisotopic (exact) mass is 437 g/mol. The van der Waals surface area contributed by atoms with Crippen molar-refractivity contribution in [3.8, 4) is 0 Å². The molecule has 0 aliphatic carbocycles. The standard InChI is InChI=1S/C18H16INO4/c19-16-9-7-14(24-16)8-10-18(22)23-12-17(21)20-11-3-5-13-4-1-2-6-15(13)20/h1-2,4,6-10H,3,5,11-12H2/b10-8+. The highest BCUT2D eigenvalue weighted by Crippen LogP contribution is 2.26. The van der Waals surface area contributed by atoms with Gasteiger partial charge in [-0.15, -0.1) is 0 Å². The van der Waals surface area contributed by atoms with E-state index in [2.05, 4.69) is 0 Å². The summed E-state index contributed by atoms with van der Waals surface area (Å²) in [5.74, 6) is -0.218. The van der Waals surface area contributed by atoms with E-state index in [0.29, 0.717) is 12.3 Å². The molecule has 0 spiro atoms. The molecule has 0 saturated carbocycles. The summed E-state index contributed by atoms with van der Waals surface area (Å²) < 4.78 is 11.1. The third-order valence-corrected chi connectivity index (χ3v) is 4.31. The molecule has 124 valence electrons. The second-order valence-corrected chi connectivity index (χ2v) is 6.42. The summed E-state index contributed by atoms with van der Waals surface area (Å²) in [6, 6.07) is 11.4. The van der Waals surface area contributed by atoms with E-state index in [9.17, 15) is 9.59 Å². The SMILES string of the molecule is O=C(/C=C/c1ccc(I)o1)OCC(=O)N1CCCc2ccccc21. The molecular weight excluding hydrogens is 421 g/mol. The van der Waals surface area contributed by atoms with Crippen LogP contribution in [-0.2, 0) is 20.7 Å². The number of rotatable bonds is 4. The fraction of sp³-hybridized carbons (Fsp3) is 0.222. The first-order chi connectivity index (χ1) is 11.6. The van der Waals surface area contributed by atoms with Crippen molar-refractivity contribution in [1.82, 2.24) is 0 Å². The Bertz CT molecular complexity index is 781. The minimum absolute atomic E-state index is 0.212. The molecule has 3 rings (SSSR count). The van der Waals surface area contributed by atoms with E-state index in [1.807, 2.05) is 46.9 Å². The van der Waals surface area contributed by atoms with Crippen molar-refractivity contribution in [1.29, 1.82) is 0 Å². The zero-order valence-corrected chi connectivity index (χ0v) is 15.1. The quantitative estimate of drug-likeness (QED) is 0.418. The lowest BCUT2D eigenvalue weighted by Crippen LogP contribution is -2.38. The number of hydrogen-bond donors (Lipinski definition) is 0. The van der Waals surface area contributed by atoms with Crippen LogP contribution in [0.25, 0.3) is 6.08 Å². The molecule has 0 unspecified atom stereocenters. The molecule has 0 fully saturated rings. The summed E-state index contributed by atoms with van der Waals surface area (Å²) in [4.78, 5) is 25.8. The summed E-state index contributed by atoms with van der Waals surface area (Å²) in [7, 11) is 0. The second kappa shape index (κ2) is 7.65. The Balaban J connectivity index is 1.56. The van der Waals surface area contributed by atoms with E-state index < -0.39 is 5.97 Å². The molecule has 0 saturated heterocycles. The Hall–Kier alpha value is -2.09. The molecule has 2 heterocycles. The molecule has 5 nitrogen and oxygen atoms in total. The van der Waals surface area contributed by atoms with Crippen LogP contribution in [0.1, 0.15) is 17.7 Å². The number of para-hydroxylation sites is 1. The maximum atomic E-state index is 12.3. The molecular formula is C18H16INO4. The summed E-state index contributed by atoms with van der Waals surface area (Å²) in [6.45, 7) is 0.376. The Morgan fingerprint density at radius 3 is 2.88 bits per heavy atom. The van der Waals surface area contributed by atoms with Crippen LogP contribution in [0.2, 0.25) is 0 Å². The predicted octanol–water partition coefficient (Wildman–Crippen LogP) is 3.42. The van der Waals surface area contributed by atoms with E-state index >= 15 is 0 Å². The van der Waals surface area contributed by atoms with Crippen LogP contribution in [0.4, 0.5) is 5.69 Å². The van der Waals surface area contributed by atoms with Crippen LogP contribution in [-0.4, -0.2) is 25.0 Å². The fourth-order valence-corrected chi connectivity index (χ4v) is 3.05. The number of nitrogens with zero attached hydrogens (tertiary/aromatic N) is 1. The van der Waals surface area contributed by atoms with Crippen molar-refractivity contribution in [2.45, 2.75) is 12.8 Å². The minimum atomic E-state index is -0.569. The molecule has 1 aromatic heterocycles. The van der Waals surface area contributed by atoms with E-state index in [0.717, 1.165) is 27.9 Å². The third kappa shape index (κ3) is 4.05. The van der Waals surface area contributed by atoms with Gasteiger partial charge in [0.1, 0.15) is 5.76 Å². The molecule has 0 N–H and O–H groups in total. The molecule has 1 aromatic carbocycles. The maximum absolute atomic E-state index is 12.3. The number of aryl methyl sites for hydroxylation is 1. The Morgan fingerprint density at radius 2 is 2.08 bits per heavy atom. The summed E-state index contributed by atoms with van der Waals surface area (Å²) in [6.07, 6.45) is 4.65. The van der Waals surface area contributed by atoms with Crippen LogP contribution in [0.15, 0.2) is 46.9 Å². The Kier molecular flexibility index (Phi) is 5.34. The number of halogens is 1. The van der Waals surface area contributed by atoms with Crippen molar-refractivity contribution in [3.63, 3.8) is 0 Å². The lowest BCUT2D eigenvalue weighted by atomic mass is 10.0. The summed E-state index contributed by atoms with van der Waals surface area (Å²) in [5, 5.41) is 0. The van der Waals surface area contributed by atoms with Crippen molar-refractivity contribution in [3.05, 3.63) is 57.6 Å². The number of carbonyl (C=O) groups excluding carboxylic acids is 2. The van der Waals surface area contributed by atoms with Gasteiger partial charge in [0.15, 0.2) is 10.4 Å². The first-order valence-corrected chi connectivity index (χ1v) is 8.70. The molecule has 2 aromatic rings. The van der Waals surface area contributed by atoms with Crippen molar-refractivity contribution >= 4 is 46.2 Å². The van der Waals surface area contributed by atoms with Gasteiger partial charge in [0.2, 0.25) is 0 Å². The third-order valence-electron chi connectivity index (χ3n) is 3.73.